The van der Waals surface area contributed by atoms with Gasteiger partial charge in [-0.05, 0) is 29.7 Å². The van der Waals surface area contributed by atoms with Crippen LogP contribution in [-0.4, -0.2) is 49.2 Å². The van der Waals surface area contributed by atoms with Crippen molar-refractivity contribution in [3.63, 3.8) is 0 Å². The van der Waals surface area contributed by atoms with Crippen molar-refractivity contribution in [3.05, 3.63) is 71.3 Å². The molecule has 136 valence electrons. The number of rotatable bonds is 8. The maximum atomic E-state index is 8.97. The molecule has 1 aliphatic heterocycles. The van der Waals surface area contributed by atoms with Crippen molar-refractivity contribution in [2.24, 2.45) is 0 Å². The molecular formula is C22H27N3O. The Kier molecular flexibility index (Phi) is 6.79. The molecule has 0 unspecified atom stereocenters. The van der Waals surface area contributed by atoms with E-state index in [9.17, 15) is 0 Å². The first-order chi connectivity index (χ1) is 12.8. The maximum absolute atomic E-state index is 8.97. The van der Waals surface area contributed by atoms with Crippen molar-refractivity contribution in [1.29, 1.82) is 5.26 Å². The summed E-state index contributed by atoms with van der Waals surface area (Å²) in [5.41, 5.74) is 3.34. The van der Waals surface area contributed by atoms with Crippen LogP contribution in [0.25, 0.3) is 0 Å². The standard InChI is InChI=1S/C22H27N3O/c1-26-14-13-25(17-21-9-7-19(15-23)8-10-21)22-11-12-24(18-22)16-20-5-3-2-4-6-20/h2-10,22H,11-14,16-18H2,1H3/t22-/m1/s1. The number of nitriles is 1. The molecule has 1 aliphatic rings. The lowest BCUT2D eigenvalue weighted by molar-refractivity contribution is 0.114. The van der Waals surface area contributed by atoms with Crippen LogP contribution in [0.2, 0.25) is 0 Å². The maximum Gasteiger partial charge on any atom is 0.0991 e. The van der Waals surface area contributed by atoms with Gasteiger partial charge in [0.1, 0.15) is 0 Å². The van der Waals surface area contributed by atoms with Crippen LogP contribution in [0, 0.1) is 11.3 Å². The summed E-state index contributed by atoms with van der Waals surface area (Å²) in [6.07, 6.45) is 1.19. The van der Waals surface area contributed by atoms with Gasteiger partial charge in [-0.15, -0.1) is 0 Å². The average Bonchev–Trinajstić information content (AvgIpc) is 3.15. The molecule has 3 rings (SSSR count). The molecule has 0 amide bonds. The van der Waals surface area contributed by atoms with E-state index in [1.54, 1.807) is 7.11 Å². The lowest BCUT2D eigenvalue weighted by atomic mass is 10.1. The van der Waals surface area contributed by atoms with Gasteiger partial charge < -0.3 is 4.74 Å². The van der Waals surface area contributed by atoms with Crippen LogP contribution in [0.1, 0.15) is 23.1 Å². The summed E-state index contributed by atoms with van der Waals surface area (Å²) in [4.78, 5) is 5.06. The molecule has 0 radical (unpaired) electrons. The van der Waals surface area contributed by atoms with Crippen molar-refractivity contribution >= 4 is 0 Å². The van der Waals surface area contributed by atoms with Gasteiger partial charge in [-0.25, -0.2) is 0 Å². The number of ether oxygens (including phenoxy) is 1. The van der Waals surface area contributed by atoms with Gasteiger partial charge in [-0.3, -0.25) is 9.80 Å². The quantitative estimate of drug-likeness (QED) is 0.733. The summed E-state index contributed by atoms with van der Waals surface area (Å²) in [5.74, 6) is 0. The second-order valence-corrected chi connectivity index (χ2v) is 6.94. The first-order valence-corrected chi connectivity index (χ1v) is 9.27. The van der Waals surface area contributed by atoms with Crippen LogP contribution in [0.5, 0.6) is 0 Å². The molecule has 0 saturated carbocycles. The molecule has 0 spiro atoms. The van der Waals surface area contributed by atoms with E-state index in [4.69, 9.17) is 10.00 Å². The van der Waals surface area contributed by atoms with E-state index in [0.717, 1.165) is 39.3 Å². The Bertz CT molecular complexity index is 708. The minimum absolute atomic E-state index is 0.546. The predicted octanol–water partition coefficient (Wildman–Crippen LogP) is 3.28. The van der Waals surface area contributed by atoms with Crippen LogP contribution in [0.3, 0.4) is 0 Å². The van der Waals surface area contributed by atoms with Crippen molar-refractivity contribution < 1.29 is 4.74 Å². The minimum atomic E-state index is 0.546. The van der Waals surface area contributed by atoms with Crippen molar-refractivity contribution in [3.8, 4) is 6.07 Å². The Morgan fingerprint density at radius 2 is 1.88 bits per heavy atom. The van der Waals surface area contributed by atoms with E-state index in [1.165, 1.54) is 17.5 Å². The van der Waals surface area contributed by atoms with Crippen LogP contribution in [-0.2, 0) is 17.8 Å². The topological polar surface area (TPSA) is 39.5 Å². The summed E-state index contributed by atoms with van der Waals surface area (Å²) in [6, 6.07) is 21.4. The second-order valence-electron chi connectivity index (χ2n) is 6.94. The molecule has 1 saturated heterocycles. The molecule has 2 aromatic rings. The molecule has 1 fully saturated rings. The highest BCUT2D eigenvalue weighted by Crippen LogP contribution is 2.20. The van der Waals surface area contributed by atoms with Crippen LogP contribution in [0.15, 0.2) is 54.6 Å². The Morgan fingerprint density at radius 3 is 2.58 bits per heavy atom. The minimum Gasteiger partial charge on any atom is -0.383 e. The number of methoxy groups -OCH3 is 1. The highest BCUT2D eigenvalue weighted by atomic mass is 16.5. The Balaban J connectivity index is 1.61. The third kappa shape index (κ3) is 5.15. The lowest BCUT2D eigenvalue weighted by Gasteiger charge is -2.29. The zero-order valence-electron chi connectivity index (χ0n) is 15.5. The molecular weight excluding hydrogens is 322 g/mol. The zero-order valence-corrected chi connectivity index (χ0v) is 15.5. The Hall–Kier alpha value is -2.19. The Morgan fingerprint density at radius 1 is 1.12 bits per heavy atom. The van der Waals surface area contributed by atoms with Gasteiger partial charge in [-0.2, -0.15) is 5.26 Å². The van der Waals surface area contributed by atoms with Gasteiger partial charge in [0.15, 0.2) is 0 Å². The normalized spacial score (nSPS) is 17.5. The third-order valence-corrected chi connectivity index (χ3v) is 5.06. The van der Waals surface area contributed by atoms with E-state index in [1.807, 2.05) is 12.1 Å². The van der Waals surface area contributed by atoms with E-state index in [0.29, 0.717) is 11.6 Å². The van der Waals surface area contributed by atoms with Gasteiger partial charge in [0, 0.05) is 45.9 Å². The van der Waals surface area contributed by atoms with E-state index in [2.05, 4.69) is 58.3 Å². The third-order valence-electron chi connectivity index (χ3n) is 5.06. The van der Waals surface area contributed by atoms with Crippen molar-refractivity contribution in [2.45, 2.75) is 25.6 Å². The molecule has 4 heteroatoms. The molecule has 0 aliphatic carbocycles. The largest absolute Gasteiger partial charge is 0.383 e. The fraction of sp³-hybridized carbons (Fsp3) is 0.409. The summed E-state index contributed by atoms with van der Waals surface area (Å²) >= 11 is 0. The highest BCUT2D eigenvalue weighted by molar-refractivity contribution is 5.31. The average molecular weight is 349 g/mol. The van der Waals surface area contributed by atoms with Crippen LogP contribution < -0.4 is 0 Å². The molecule has 1 atom stereocenters. The van der Waals surface area contributed by atoms with Gasteiger partial charge in [-0.1, -0.05) is 42.5 Å². The molecule has 0 bridgehead atoms. The first-order valence-electron chi connectivity index (χ1n) is 9.27. The molecule has 26 heavy (non-hydrogen) atoms. The summed E-state index contributed by atoms with van der Waals surface area (Å²) < 4.78 is 5.33. The number of likely N-dealkylation sites (tertiary alicyclic amines) is 1. The molecule has 2 aromatic carbocycles. The molecule has 1 heterocycles. The summed E-state index contributed by atoms with van der Waals surface area (Å²) in [7, 11) is 1.76. The van der Waals surface area contributed by atoms with Crippen molar-refractivity contribution in [2.75, 3.05) is 33.4 Å². The monoisotopic (exact) mass is 349 g/mol. The first kappa shape index (κ1) is 18.6. The summed E-state index contributed by atoms with van der Waals surface area (Å²) in [5, 5.41) is 8.97. The van der Waals surface area contributed by atoms with Gasteiger partial charge in [0.2, 0.25) is 0 Å². The van der Waals surface area contributed by atoms with E-state index >= 15 is 0 Å². The molecule has 0 N–H and O–H groups in total. The number of benzene rings is 2. The fourth-order valence-corrected chi connectivity index (χ4v) is 3.61. The Labute approximate surface area is 156 Å². The van der Waals surface area contributed by atoms with Gasteiger partial charge >= 0.3 is 0 Å². The van der Waals surface area contributed by atoms with Crippen LogP contribution in [0.4, 0.5) is 0 Å². The smallest absolute Gasteiger partial charge is 0.0991 e. The molecule has 0 aromatic heterocycles. The highest BCUT2D eigenvalue weighted by Gasteiger charge is 2.27. The van der Waals surface area contributed by atoms with Crippen LogP contribution >= 0.6 is 0 Å². The zero-order chi connectivity index (χ0) is 18.2. The van der Waals surface area contributed by atoms with Crippen molar-refractivity contribution in [1.82, 2.24) is 9.80 Å². The number of nitrogens with zero attached hydrogens (tertiary/aromatic N) is 3. The van der Waals surface area contributed by atoms with Gasteiger partial charge in [0.25, 0.3) is 0 Å². The number of hydrogen-bond donors (Lipinski definition) is 0. The fourth-order valence-electron chi connectivity index (χ4n) is 3.61. The van der Waals surface area contributed by atoms with Gasteiger partial charge in [0.05, 0.1) is 18.2 Å². The second kappa shape index (κ2) is 9.49. The number of hydrogen-bond acceptors (Lipinski definition) is 4. The summed E-state index contributed by atoms with van der Waals surface area (Å²) in [6.45, 7) is 5.82. The van der Waals surface area contributed by atoms with E-state index < -0.39 is 0 Å². The lowest BCUT2D eigenvalue weighted by Crippen LogP contribution is -2.39. The van der Waals surface area contributed by atoms with E-state index in [-0.39, 0.29) is 0 Å². The predicted molar refractivity (Wildman–Crippen MR) is 104 cm³/mol. The SMILES string of the molecule is COCCN(Cc1ccc(C#N)cc1)[C@@H]1CCN(Cc2ccccc2)C1. The molecule has 4 nitrogen and oxygen atoms in total.